The largest absolute Gasteiger partial charge is 0.466 e. The Morgan fingerprint density at radius 2 is 0.894 bits per heavy atom. The number of unbranched alkanes of at least 4 members (excludes halogenated alkanes) is 23. The Bertz CT molecular complexity index is 701. The van der Waals surface area contributed by atoms with E-state index in [-0.39, 0.29) is 11.9 Å². The van der Waals surface area contributed by atoms with Crippen LogP contribution in [-0.2, 0) is 19.1 Å². The van der Waals surface area contributed by atoms with Crippen LogP contribution in [-0.4, -0.2) is 56.2 Å². The van der Waals surface area contributed by atoms with Crippen molar-refractivity contribution >= 4 is 24.2 Å². The van der Waals surface area contributed by atoms with Gasteiger partial charge in [0, 0.05) is 19.1 Å². The van der Waals surface area contributed by atoms with Gasteiger partial charge in [0.05, 0.1) is 13.2 Å². The fourth-order valence-electron chi connectivity index (χ4n) is 5.27. The van der Waals surface area contributed by atoms with Gasteiger partial charge in [-0.15, -0.1) is 0 Å². The van der Waals surface area contributed by atoms with E-state index in [0.717, 1.165) is 64.3 Å². The van der Waals surface area contributed by atoms with Gasteiger partial charge >= 0.3 is 18.0 Å². The lowest BCUT2D eigenvalue weighted by atomic mass is 10.1. The number of nitrogens with one attached hydrogen (secondary N) is 1. The lowest BCUT2D eigenvalue weighted by Gasteiger charge is -2.05. The minimum absolute atomic E-state index is 0.0135. The van der Waals surface area contributed by atoms with Crippen molar-refractivity contribution < 1.29 is 29.0 Å². The number of hydrogen-bond donors (Lipinski definition) is 2. The Hall–Kier alpha value is -1.96. The highest BCUT2D eigenvalue weighted by molar-refractivity contribution is 5.77. The topological polar surface area (TPSA) is 114 Å². The third-order valence-corrected chi connectivity index (χ3v) is 8.25. The smallest absolute Gasteiger partial charge is 0.430 e. The standard InChI is InChI=1S/C20H37NO4.C19H39NO2/c1-2-3-4-5-6-7-8-9-12-15-18-25-19(22)16-13-10-11-14-17-21-20(23)24;1-3-4-5-6-7-8-9-10-11-15-18-22-19(21)16-13-12-14-17-20-2/h17H,2-16,18H2,1H3,(H,23,24);20H,3-18H2,1-2H3. The zero-order valence-corrected chi connectivity index (χ0v) is 31.1. The molecule has 0 aromatic rings. The molecule has 8 nitrogen and oxygen atoms in total. The summed E-state index contributed by atoms with van der Waals surface area (Å²) in [5.41, 5.74) is 0. The molecule has 0 atom stereocenters. The van der Waals surface area contributed by atoms with E-state index in [2.05, 4.69) is 24.2 Å². The third kappa shape index (κ3) is 46.2. The number of nitrogens with zero attached hydrogens (tertiary/aromatic N) is 1. The fraction of sp³-hybridized carbons (Fsp3) is 0.897. The molecule has 0 saturated carbocycles. The van der Waals surface area contributed by atoms with E-state index in [9.17, 15) is 14.4 Å². The highest BCUT2D eigenvalue weighted by Gasteiger charge is 2.03. The zero-order valence-electron chi connectivity index (χ0n) is 31.1. The van der Waals surface area contributed by atoms with Crippen molar-refractivity contribution in [3.05, 3.63) is 0 Å². The van der Waals surface area contributed by atoms with E-state index >= 15 is 0 Å². The Morgan fingerprint density at radius 3 is 1.28 bits per heavy atom. The molecule has 2 N–H and O–H groups in total. The molecule has 0 aliphatic rings. The second-order valence-electron chi connectivity index (χ2n) is 12.9. The summed E-state index contributed by atoms with van der Waals surface area (Å²) in [6, 6.07) is 0. The molecule has 278 valence electrons. The number of amides is 1. The first-order chi connectivity index (χ1) is 23.0. The Balaban J connectivity index is 0. The first-order valence-corrected chi connectivity index (χ1v) is 19.7. The Kier molecular flexibility index (Phi) is 42.2. The van der Waals surface area contributed by atoms with E-state index in [1.165, 1.54) is 115 Å². The van der Waals surface area contributed by atoms with Crippen LogP contribution in [0.1, 0.15) is 200 Å². The van der Waals surface area contributed by atoms with Gasteiger partial charge < -0.3 is 19.9 Å². The molecule has 0 fully saturated rings. The van der Waals surface area contributed by atoms with Crippen LogP contribution in [0.2, 0.25) is 0 Å². The van der Waals surface area contributed by atoms with Crippen molar-refractivity contribution in [3.63, 3.8) is 0 Å². The highest BCUT2D eigenvalue weighted by atomic mass is 16.5. The van der Waals surface area contributed by atoms with Crippen molar-refractivity contribution in [2.45, 2.75) is 200 Å². The van der Waals surface area contributed by atoms with Crippen molar-refractivity contribution in [2.24, 2.45) is 4.99 Å². The number of ether oxygens (including phenoxy) is 2. The molecule has 0 radical (unpaired) electrons. The quantitative estimate of drug-likeness (QED) is 0.0398. The summed E-state index contributed by atoms with van der Waals surface area (Å²) < 4.78 is 10.5. The first kappa shape index (κ1) is 47.2. The molecule has 0 bridgehead atoms. The molecule has 1 amide bonds. The average Bonchev–Trinajstić information content (AvgIpc) is 3.05. The maximum absolute atomic E-state index is 11.6. The SMILES string of the molecule is CCCCCCCCCCCCOC(=O)CCCCCC=NC(=O)O.CCCCCCCCCCCCOC(=O)CCCCCNC. The van der Waals surface area contributed by atoms with Crippen molar-refractivity contribution in [3.8, 4) is 0 Å². The van der Waals surface area contributed by atoms with Crippen LogP contribution < -0.4 is 5.32 Å². The van der Waals surface area contributed by atoms with Crippen LogP contribution in [0.3, 0.4) is 0 Å². The van der Waals surface area contributed by atoms with Crippen LogP contribution in [0.5, 0.6) is 0 Å². The summed E-state index contributed by atoms with van der Waals surface area (Å²) in [6.07, 6.45) is 33.6. The minimum atomic E-state index is -1.16. The van der Waals surface area contributed by atoms with Gasteiger partial charge in [0.15, 0.2) is 0 Å². The van der Waals surface area contributed by atoms with Crippen molar-refractivity contribution in [2.75, 3.05) is 26.8 Å². The minimum Gasteiger partial charge on any atom is -0.466 e. The molecule has 0 rings (SSSR count). The molecular formula is C39H76N2O6. The predicted molar refractivity (Wildman–Crippen MR) is 198 cm³/mol. The number of esters is 2. The molecule has 0 aliphatic carbocycles. The molecule has 8 heteroatoms. The Labute approximate surface area is 290 Å². The van der Waals surface area contributed by atoms with E-state index in [0.29, 0.717) is 32.5 Å². The van der Waals surface area contributed by atoms with Crippen LogP contribution in [0, 0.1) is 0 Å². The van der Waals surface area contributed by atoms with E-state index in [1.807, 2.05) is 7.05 Å². The summed E-state index contributed by atoms with van der Waals surface area (Å²) >= 11 is 0. The van der Waals surface area contributed by atoms with Gasteiger partial charge in [-0.25, -0.2) is 4.79 Å². The number of hydrogen-bond acceptors (Lipinski definition) is 6. The van der Waals surface area contributed by atoms with Crippen molar-refractivity contribution in [1.82, 2.24) is 5.32 Å². The number of carboxylic acid groups (broad SMARTS) is 1. The lowest BCUT2D eigenvalue weighted by molar-refractivity contribution is -0.144. The lowest BCUT2D eigenvalue weighted by Crippen LogP contribution is -2.08. The molecule has 0 unspecified atom stereocenters. The summed E-state index contributed by atoms with van der Waals surface area (Å²) in [4.78, 5) is 36.5. The summed E-state index contributed by atoms with van der Waals surface area (Å²) in [5.74, 6) is -0.129. The second kappa shape index (κ2) is 42.1. The van der Waals surface area contributed by atoms with Gasteiger partial charge in [0.1, 0.15) is 0 Å². The third-order valence-electron chi connectivity index (χ3n) is 8.25. The highest BCUT2D eigenvalue weighted by Crippen LogP contribution is 2.12. The molecule has 0 heterocycles. The van der Waals surface area contributed by atoms with Gasteiger partial charge in [-0.3, -0.25) is 9.59 Å². The van der Waals surface area contributed by atoms with Crippen molar-refractivity contribution in [1.29, 1.82) is 0 Å². The average molecular weight is 669 g/mol. The normalized spacial score (nSPS) is 11.0. The molecule has 47 heavy (non-hydrogen) atoms. The first-order valence-electron chi connectivity index (χ1n) is 19.7. The second-order valence-corrected chi connectivity index (χ2v) is 12.9. The van der Waals surface area contributed by atoms with Gasteiger partial charge in [-0.1, -0.05) is 142 Å². The van der Waals surface area contributed by atoms with Gasteiger partial charge in [0.2, 0.25) is 0 Å². The fourth-order valence-corrected chi connectivity index (χ4v) is 5.27. The molecule has 0 saturated heterocycles. The van der Waals surface area contributed by atoms with Crippen LogP contribution >= 0.6 is 0 Å². The number of carbonyl (C=O) groups is 3. The van der Waals surface area contributed by atoms with Gasteiger partial charge in [-0.2, -0.15) is 4.99 Å². The van der Waals surface area contributed by atoms with E-state index in [4.69, 9.17) is 14.6 Å². The van der Waals surface area contributed by atoms with E-state index in [1.54, 1.807) is 0 Å². The van der Waals surface area contributed by atoms with Gasteiger partial charge in [-0.05, 0) is 58.5 Å². The predicted octanol–water partition coefficient (Wildman–Crippen LogP) is 11.4. The summed E-state index contributed by atoms with van der Waals surface area (Å²) in [7, 11) is 1.96. The van der Waals surface area contributed by atoms with Crippen LogP contribution in [0.4, 0.5) is 4.79 Å². The zero-order chi connectivity index (χ0) is 34.9. The monoisotopic (exact) mass is 669 g/mol. The summed E-state index contributed by atoms with van der Waals surface area (Å²) in [5, 5.41) is 11.4. The van der Waals surface area contributed by atoms with Crippen LogP contribution in [0.25, 0.3) is 0 Å². The number of rotatable bonds is 34. The van der Waals surface area contributed by atoms with Gasteiger partial charge in [0.25, 0.3) is 0 Å². The molecule has 0 aliphatic heterocycles. The molecular weight excluding hydrogens is 592 g/mol. The maximum Gasteiger partial charge on any atom is 0.430 e. The van der Waals surface area contributed by atoms with E-state index < -0.39 is 6.09 Å². The molecule has 0 aromatic heterocycles. The number of aliphatic imine (C=N–C) groups is 1. The maximum atomic E-state index is 11.6. The van der Waals surface area contributed by atoms with Crippen LogP contribution in [0.15, 0.2) is 4.99 Å². The molecule has 0 aromatic carbocycles. The number of carbonyl (C=O) groups excluding carboxylic acids is 2. The summed E-state index contributed by atoms with van der Waals surface area (Å²) in [6.45, 7) is 6.70. The Morgan fingerprint density at radius 1 is 0.532 bits per heavy atom. The molecule has 0 spiro atoms.